The number of carbonyl (C=O) groups is 1. The molecule has 0 aliphatic heterocycles. The molecule has 0 aliphatic rings. The zero-order chi connectivity index (χ0) is 16.7. The summed E-state index contributed by atoms with van der Waals surface area (Å²) in [5.41, 5.74) is 7.40. The Morgan fingerprint density at radius 1 is 1.04 bits per heavy atom. The highest BCUT2D eigenvalue weighted by Crippen LogP contribution is 2.27. The summed E-state index contributed by atoms with van der Waals surface area (Å²) in [6, 6.07) is 11.0. The van der Waals surface area contributed by atoms with Gasteiger partial charge in [0.2, 0.25) is 5.78 Å². The lowest BCUT2D eigenvalue weighted by Crippen LogP contribution is -2.07. The van der Waals surface area contributed by atoms with Gasteiger partial charge in [-0.15, -0.1) is 0 Å². The number of nitrogens with zero attached hydrogens (tertiary/aromatic N) is 2. The van der Waals surface area contributed by atoms with E-state index in [1.54, 1.807) is 24.3 Å². The number of aryl methyl sites for hydroxylation is 3. The van der Waals surface area contributed by atoms with E-state index in [4.69, 9.17) is 5.26 Å². The molecule has 114 valence electrons. The topological polar surface area (TPSA) is 45.3 Å². The van der Waals surface area contributed by atoms with Gasteiger partial charge in [-0.3, -0.25) is 4.79 Å². The number of aromatic nitrogens is 1. The van der Waals surface area contributed by atoms with Gasteiger partial charge in [-0.25, -0.2) is 0 Å². The van der Waals surface area contributed by atoms with Crippen molar-refractivity contribution in [2.75, 3.05) is 0 Å². The molecule has 0 bridgehead atoms. The maximum absolute atomic E-state index is 13.0. The number of rotatable bonds is 2. The van der Waals surface area contributed by atoms with E-state index in [0.29, 0.717) is 16.8 Å². The second-order valence-electron chi connectivity index (χ2n) is 6.04. The van der Waals surface area contributed by atoms with Crippen molar-refractivity contribution in [2.24, 2.45) is 0 Å². The Kier molecular flexibility index (Phi) is 3.54. The van der Waals surface area contributed by atoms with Gasteiger partial charge in [0.1, 0.15) is 0 Å². The first-order valence-corrected chi connectivity index (χ1v) is 7.57. The Morgan fingerprint density at radius 2 is 1.70 bits per heavy atom. The minimum absolute atomic E-state index is 0.0138. The average molecular weight is 302 g/mol. The molecule has 3 rings (SSSR count). The number of fused-ring (bicyclic) bond motifs is 1. The first kappa shape index (κ1) is 15.1. The third-order valence-corrected chi connectivity index (χ3v) is 4.40. The van der Waals surface area contributed by atoms with Crippen LogP contribution in [0.15, 0.2) is 36.5 Å². The van der Waals surface area contributed by atoms with Gasteiger partial charge in [0.05, 0.1) is 22.8 Å². The van der Waals surface area contributed by atoms with Crippen molar-refractivity contribution in [3.63, 3.8) is 0 Å². The minimum Gasteiger partial charge on any atom is -0.313 e. The Hall–Kier alpha value is -2.86. The van der Waals surface area contributed by atoms with Crippen molar-refractivity contribution in [2.45, 2.75) is 27.7 Å². The van der Waals surface area contributed by atoms with Gasteiger partial charge in [-0.2, -0.15) is 5.26 Å². The third-order valence-electron chi connectivity index (χ3n) is 4.40. The van der Waals surface area contributed by atoms with E-state index in [0.717, 1.165) is 22.2 Å². The van der Waals surface area contributed by atoms with Crippen molar-refractivity contribution in [3.05, 3.63) is 75.6 Å². The lowest BCUT2D eigenvalue weighted by molar-refractivity contribution is 0.103. The van der Waals surface area contributed by atoms with E-state index in [1.165, 1.54) is 5.56 Å². The molecule has 0 amide bonds. The Labute approximate surface area is 135 Å². The van der Waals surface area contributed by atoms with Gasteiger partial charge >= 0.3 is 0 Å². The van der Waals surface area contributed by atoms with E-state index in [1.807, 2.05) is 24.4 Å². The molecule has 0 saturated heterocycles. The van der Waals surface area contributed by atoms with Crippen LogP contribution in [0.2, 0.25) is 0 Å². The largest absolute Gasteiger partial charge is 0.313 e. The molecular formula is C20H18N2O. The van der Waals surface area contributed by atoms with Gasteiger partial charge in [0.15, 0.2) is 0 Å². The zero-order valence-corrected chi connectivity index (χ0v) is 13.8. The fourth-order valence-electron chi connectivity index (χ4n) is 3.21. The molecule has 0 saturated carbocycles. The van der Waals surface area contributed by atoms with E-state index in [2.05, 4.69) is 26.0 Å². The molecular weight excluding hydrogens is 284 g/mol. The fraction of sp³-hybridized carbons (Fsp3) is 0.200. The Morgan fingerprint density at radius 3 is 2.30 bits per heavy atom. The first-order valence-electron chi connectivity index (χ1n) is 7.57. The van der Waals surface area contributed by atoms with Crippen LogP contribution in [-0.2, 0) is 0 Å². The predicted octanol–water partition coefficient (Wildman–Crippen LogP) is 4.28. The highest BCUT2D eigenvalue weighted by molar-refractivity contribution is 6.10. The smallest absolute Gasteiger partial charge is 0.210 e. The third kappa shape index (κ3) is 2.33. The van der Waals surface area contributed by atoms with Crippen LogP contribution in [0.25, 0.3) is 5.52 Å². The number of carbonyl (C=O) groups excluding carboxylic acids is 1. The van der Waals surface area contributed by atoms with Crippen molar-refractivity contribution >= 4 is 11.3 Å². The maximum Gasteiger partial charge on any atom is 0.210 e. The normalized spacial score (nSPS) is 10.7. The predicted molar refractivity (Wildman–Crippen MR) is 90.9 cm³/mol. The van der Waals surface area contributed by atoms with Crippen molar-refractivity contribution in [1.29, 1.82) is 5.26 Å². The monoisotopic (exact) mass is 302 g/mol. The molecule has 2 heterocycles. The summed E-state index contributed by atoms with van der Waals surface area (Å²) >= 11 is 0. The lowest BCUT2D eigenvalue weighted by atomic mass is 10.0. The van der Waals surface area contributed by atoms with Gasteiger partial charge in [0.25, 0.3) is 0 Å². The van der Waals surface area contributed by atoms with Crippen molar-refractivity contribution < 1.29 is 4.79 Å². The van der Waals surface area contributed by atoms with Gasteiger partial charge in [-0.05, 0) is 74.2 Å². The van der Waals surface area contributed by atoms with Crippen LogP contribution in [0, 0.1) is 39.0 Å². The van der Waals surface area contributed by atoms with Crippen LogP contribution in [0.1, 0.15) is 43.9 Å². The summed E-state index contributed by atoms with van der Waals surface area (Å²) in [5, 5.41) is 8.89. The number of ketones is 1. The molecule has 23 heavy (non-hydrogen) atoms. The molecule has 3 nitrogen and oxygen atoms in total. The van der Waals surface area contributed by atoms with E-state index >= 15 is 0 Å². The number of hydrogen-bond acceptors (Lipinski definition) is 2. The lowest BCUT2D eigenvalue weighted by Gasteiger charge is -2.07. The second kappa shape index (κ2) is 5.40. The first-order chi connectivity index (χ1) is 10.9. The maximum atomic E-state index is 13.0. The van der Waals surface area contributed by atoms with Crippen LogP contribution in [0.5, 0.6) is 0 Å². The van der Waals surface area contributed by atoms with E-state index < -0.39 is 0 Å². The summed E-state index contributed by atoms with van der Waals surface area (Å²) < 4.78 is 2.01. The van der Waals surface area contributed by atoms with E-state index in [9.17, 15) is 4.79 Å². The number of hydrogen-bond donors (Lipinski definition) is 0. The average Bonchev–Trinajstić information content (AvgIpc) is 2.78. The number of nitriles is 1. The summed E-state index contributed by atoms with van der Waals surface area (Å²) in [4.78, 5) is 13.0. The summed E-state index contributed by atoms with van der Waals surface area (Å²) in [7, 11) is 0. The van der Waals surface area contributed by atoms with Gasteiger partial charge < -0.3 is 4.40 Å². The van der Waals surface area contributed by atoms with Crippen LogP contribution in [0.4, 0.5) is 0 Å². The SMILES string of the molecule is Cc1cc(C)c2c(C)c(C)c(C(=O)c3ccc(C#N)cc3)n2c1. The molecule has 0 spiro atoms. The Bertz CT molecular complexity index is 970. The molecule has 3 heteroatoms. The highest BCUT2D eigenvalue weighted by Gasteiger charge is 2.21. The molecule has 0 unspecified atom stereocenters. The van der Waals surface area contributed by atoms with Crippen LogP contribution >= 0.6 is 0 Å². The van der Waals surface area contributed by atoms with Crippen molar-refractivity contribution in [3.8, 4) is 6.07 Å². The fourth-order valence-corrected chi connectivity index (χ4v) is 3.21. The zero-order valence-electron chi connectivity index (χ0n) is 13.8. The molecule has 0 aliphatic carbocycles. The molecule has 0 fully saturated rings. The van der Waals surface area contributed by atoms with Crippen molar-refractivity contribution in [1.82, 2.24) is 4.40 Å². The highest BCUT2D eigenvalue weighted by atomic mass is 16.1. The summed E-state index contributed by atoms with van der Waals surface area (Å²) in [5.74, 6) is -0.0138. The summed E-state index contributed by atoms with van der Waals surface area (Å²) in [6.45, 7) is 8.16. The standard InChI is InChI=1S/C20H18N2O/c1-12-9-13(2)18-14(3)15(4)19(22(18)11-12)20(23)17-7-5-16(10-21)6-8-17/h5-9,11H,1-4H3. The molecule has 3 aromatic rings. The van der Waals surface area contributed by atoms with Crippen LogP contribution < -0.4 is 0 Å². The molecule has 0 atom stereocenters. The number of pyridine rings is 1. The molecule has 0 N–H and O–H groups in total. The van der Waals surface area contributed by atoms with Crippen LogP contribution in [0.3, 0.4) is 0 Å². The summed E-state index contributed by atoms with van der Waals surface area (Å²) in [6.07, 6.45) is 2.01. The minimum atomic E-state index is -0.0138. The number of benzene rings is 1. The molecule has 1 aromatic carbocycles. The van der Waals surface area contributed by atoms with Crippen LogP contribution in [-0.4, -0.2) is 10.2 Å². The van der Waals surface area contributed by atoms with Gasteiger partial charge in [-0.1, -0.05) is 6.07 Å². The second-order valence-corrected chi connectivity index (χ2v) is 6.04. The quantitative estimate of drug-likeness (QED) is 0.663. The van der Waals surface area contributed by atoms with Gasteiger partial charge in [0, 0.05) is 11.8 Å². The molecule has 2 aromatic heterocycles. The molecule has 0 radical (unpaired) electrons. The van der Waals surface area contributed by atoms with E-state index in [-0.39, 0.29) is 5.78 Å². The Balaban J connectivity index is 2.25.